The van der Waals surface area contributed by atoms with Gasteiger partial charge in [-0.05, 0) is 11.4 Å². The average molecular weight is 264 g/mol. The number of morpholine rings is 1. The molecular formula is C11H12N4O2S. The van der Waals surface area contributed by atoms with Crippen LogP contribution in [-0.2, 0) is 9.53 Å². The largest absolute Gasteiger partial charge is 0.377 e. The number of hydrogen-bond acceptors (Lipinski definition) is 6. The van der Waals surface area contributed by atoms with Gasteiger partial charge in [0.15, 0.2) is 0 Å². The molecule has 2 aromatic rings. The summed E-state index contributed by atoms with van der Waals surface area (Å²) in [6, 6.07) is 1.50. The predicted octanol–water partition coefficient (Wildman–Crippen LogP) is 0.382. The van der Waals surface area contributed by atoms with Crippen LogP contribution < -0.4 is 10.6 Å². The number of fused-ring (bicyclic) bond motifs is 1. The van der Waals surface area contributed by atoms with Crippen LogP contribution in [0.3, 0.4) is 0 Å². The summed E-state index contributed by atoms with van der Waals surface area (Å²) in [5.41, 5.74) is 5.41. The Balaban J connectivity index is 2.06. The van der Waals surface area contributed by atoms with Gasteiger partial charge in [0.1, 0.15) is 23.0 Å². The van der Waals surface area contributed by atoms with E-state index in [-0.39, 0.29) is 0 Å². The molecule has 0 spiro atoms. The second kappa shape index (κ2) is 4.51. The van der Waals surface area contributed by atoms with Crippen molar-refractivity contribution in [1.82, 2.24) is 9.97 Å². The van der Waals surface area contributed by atoms with E-state index in [9.17, 15) is 4.79 Å². The molecule has 94 valence electrons. The standard InChI is InChI=1S/C11H12N4O2S/c12-9(16)8-5-17-3-2-15(8)10-7-1-4-18-11(7)14-6-13-10/h1,4,6,8H,2-3,5H2,(H2,12,16)/t8-/m1/s1. The van der Waals surface area contributed by atoms with Gasteiger partial charge in [0.05, 0.1) is 18.6 Å². The molecule has 3 rings (SSSR count). The first-order valence-electron chi connectivity index (χ1n) is 5.59. The number of aromatic nitrogens is 2. The van der Waals surface area contributed by atoms with Gasteiger partial charge in [-0.25, -0.2) is 9.97 Å². The van der Waals surface area contributed by atoms with E-state index < -0.39 is 11.9 Å². The number of nitrogens with zero attached hydrogens (tertiary/aromatic N) is 3. The van der Waals surface area contributed by atoms with Crippen molar-refractivity contribution in [1.29, 1.82) is 0 Å². The van der Waals surface area contributed by atoms with Gasteiger partial charge in [-0.3, -0.25) is 4.79 Å². The second-order valence-electron chi connectivity index (χ2n) is 4.02. The van der Waals surface area contributed by atoms with Crippen molar-refractivity contribution in [3.8, 4) is 0 Å². The molecule has 2 N–H and O–H groups in total. The van der Waals surface area contributed by atoms with E-state index in [4.69, 9.17) is 10.5 Å². The number of amides is 1. The lowest BCUT2D eigenvalue weighted by atomic mass is 10.2. The Kier molecular flexibility index (Phi) is 2.85. The Labute approximate surface area is 107 Å². The summed E-state index contributed by atoms with van der Waals surface area (Å²) in [5.74, 6) is 0.366. The van der Waals surface area contributed by atoms with Gasteiger partial charge in [0.25, 0.3) is 0 Å². The third-order valence-electron chi connectivity index (χ3n) is 2.97. The maximum atomic E-state index is 11.5. The Morgan fingerprint density at radius 2 is 2.44 bits per heavy atom. The molecular weight excluding hydrogens is 252 g/mol. The smallest absolute Gasteiger partial charge is 0.242 e. The Morgan fingerprint density at radius 3 is 3.28 bits per heavy atom. The van der Waals surface area contributed by atoms with Gasteiger partial charge in [0, 0.05) is 6.54 Å². The minimum absolute atomic E-state index is 0.310. The van der Waals surface area contributed by atoms with E-state index in [0.717, 1.165) is 16.0 Å². The van der Waals surface area contributed by atoms with Gasteiger partial charge in [0.2, 0.25) is 5.91 Å². The van der Waals surface area contributed by atoms with Crippen LogP contribution in [0.25, 0.3) is 10.2 Å². The highest BCUT2D eigenvalue weighted by atomic mass is 32.1. The van der Waals surface area contributed by atoms with Gasteiger partial charge in [-0.1, -0.05) is 0 Å². The summed E-state index contributed by atoms with van der Waals surface area (Å²) >= 11 is 1.55. The Hall–Kier alpha value is -1.73. The molecule has 2 aromatic heterocycles. The monoisotopic (exact) mass is 264 g/mol. The number of primary amides is 1. The van der Waals surface area contributed by atoms with Crippen LogP contribution in [0.1, 0.15) is 0 Å². The lowest BCUT2D eigenvalue weighted by Crippen LogP contribution is -2.53. The van der Waals surface area contributed by atoms with Crippen LogP contribution in [0, 0.1) is 0 Å². The number of hydrogen-bond donors (Lipinski definition) is 1. The van der Waals surface area contributed by atoms with Crippen molar-refractivity contribution in [2.45, 2.75) is 6.04 Å². The third kappa shape index (κ3) is 1.81. The fourth-order valence-corrected chi connectivity index (χ4v) is 2.83. The molecule has 0 bridgehead atoms. The molecule has 1 fully saturated rings. The van der Waals surface area contributed by atoms with Crippen LogP contribution in [-0.4, -0.2) is 41.7 Å². The van der Waals surface area contributed by atoms with Gasteiger partial charge in [-0.15, -0.1) is 11.3 Å². The number of carbonyl (C=O) groups is 1. The molecule has 0 aromatic carbocycles. The number of ether oxygens (including phenoxy) is 1. The summed E-state index contributed by atoms with van der Waals surface area (Å²) in [6.45, 7) is 1.49. The summed E-state index contributed by atoms with van der Waals surface area (Å²) in [5, 5.41) is 2.92. The van der Waals surface area contributed by atoms with Crippen LogP contribution in [0.15, 0.2) is 17.8 Å². The SMILES string of the molecule is NC(=O)[C@H]1COCCN1c1ncnc2sccc12. The summed E-state index contributed by atoms with van der Waals surface area (Å²) < 4.78 is 5.31. The van der Waals surface area contributed by atoms with E-state index in [1.54, 1.807) is 11.3 Å². The van der Waals surface area contributed by atoms with Crippen molar-refractivity contribution in [3.05, 3.63) is 17.8 Å². The van der Waals surface area contributed by atoms with Crippen LogP contribution in [0.4, 0.5) is 5.82 Å². The number of thiophene rings is 1. The van der Waals surface area contributed by atoms with Gasteiger partial charge < -0.3 is 15.4 Å². The molecule has 6 nitrogen and oxygen atoms in total. The topological polar surface area (TPSA) is 81.3 Å². The van der Waals surface area contributed by atoms with E-state index in [1.165, 1.54) is 6.33 Å². The van der Waals surface area contributed by atoms with E-state index in [1.807, 2.05) is 16.3 Å². The molecule has 0 saturated carbocycles. The third-order valence-corrected chi connectivity index (χ3v) is 3.79. The van der Waals surface area contributed by atoms with Crippen LogP contribution in [0.5, 0.6) is 0 Å². The second-order valence-corrected chi connectivity index (χ2v) is 4.92. The maximum Gasteiger partial charge on any atom is 0.242 e. The predicted molar refractivity (Wildman–Crippen MR) is 68.6 cm³/mol. The lowest BCUT2D eigenvalue weighted by Gasteiger charge is -2.34. The Bertz CT molecular complexity index is 585. The Morgan fingerprint density at radius 1 is 1.56 bits per heavy atom. The lowest BCUT2D eigenvalue weighted by molar-refractivity contribution is -0.121. The maximum absolute atomic E-state index is 11.5. The molecule has 7 heteroatoms. The molecule has 1 aliphatic rings. The van der Waals surface area contributed by atoms with Crippen molar-refractivity contribution >= 4 is 33.3 Å². The molecule has 1 atom stereocenters. The normalized spacial score (nSPS) is 20.2. The molecule has 18 heavy (non-hydrogen) atoms. The fourth-order valence-electron chi connectivity index (χ4n) is 2.10. The van der Waals surface area contributed by atoms with Crippen molar-refractivity contribution in [3.63, 3.8) is 0 Å². The highest BCUT2D eigenvalue weighted by molar-refractivity contribution is 7.16. The molecule has 0 unspecified atom stereocenters. The average Bonchev–Trinajstić information content (AvgIpc) is 2.86. The van der Waals surface area contributed by atoms with Crippen molar-refractivity contribution < 1.29 is 9.53 Å². The quantitative estimate of drug-likeness (QED) is 0.848. The minimum Gasteiger partial charge on any atom is -0.377 e. The molecule has 1 amide bonds. The first kappa shape index (κ1) is 11.4. The molecule has 3 heterocycles. The number of carbonyl (C=O) groups excluding carboxylic acids is 1. The van der Waals surface area contributed by atoms with Gasteiger partial charge >= 0.3 is 0 Å². The summed E-state index contributed by atoms with van der Waals surface area (Å²) in [4.78, 5) is 22.8. The first-order chi connectivity index (χ1) is 8.77. The van der Waals surface area contributed by atoms with Gasteiger partial charge in [-0.2, -0.15) is 0 Å². The highest BCUT2D eigenvalue weighted by Crippen LogP contribution is 2.28. The van der Waals surface area contributed by atoms with Crippen molar-refractivity contribution in [2.24, 2.45) is 5.73 Å². The molecule has 0 radical (unpaired) electrons. The number of nitrogens with two attached hydrogens (primary N) is 1. The zero-order chi connectivity index (χ0) is 12.5. The van der Waals surface area contributed by atoms with E-state index >= 15 is 0 Å². The number of rotatable bonds is 2. The van der Waals surface area contributed by atoms with E-state index in [2.05, 4.69) is 9.97 Å². The highest BCUT2D eigenvalue weighted by Gasteiger charge is 2.29. The summed E-state index contributed by atoms with van der Waals surface area (Å²) in [6.07, 6.45) is 1.52. The first-order valence-corrected chi connectivity index (χ1v) is 6.47. The van der Waals surface area contributed by atoms with Crippen LogP contribution in [0.2, 0.25) is 0 Å². The van der Waals surface area contributed by atoms with Crippen molar-refractivity contribution in [2.75, 3.05) is 24.7 Å². The zero-order valence-electron chi connectivity index (χ0n) is 9.57. The molecule has 0 aliphatic carbocycles. The zero-order valence-corrected chi connectivity index (χ0v) is 10.4. The minimum atomic E-state index is -0.461. The van der Waals surface area contributed by atoms with Crippen LogP contribution >= 0.6 is 11.3 Å². The summed E-state index contributed by atoms with van der Waals surface area (Å²) in [7, 11) is 0. The molecule has 1 saturated heterocycles. The number of anilines is 1. The van der Waals surface area contributed by atoms with E-state index in [0.29, 0.717) is 19.8 Å². The molecule has 1 aliphatic heterocycles. The fraction of sp³-hybridized carbons (Fsp3) is 0.364.